The standard InChI is InChI=1S/C35H33NO5S/c1-2-21-40-34(38)32(37)31(23-42-33(24-13-5-3-6-14-24)25-15-7-4-8-16-25)36-35(39)41-22-30-28-19-11-9-17-26(28)27-18-10-12-20-29(27)30/h2-20,30-33,37H,1,21-23H2,(H,36,39)/t31-,32+/m0/s1. The minimum Gasteiger partial charge on any atom is -0.459 e. The number of thioether (sulfide) groups is 1. The molecule has 0 unspecified atom stereocenters. The summed E-state index contributed by atoms with van der Waals surface area (Å²) in [5.74, 6) is -0.724. The molecular formula is C35H33NO5S. The number of alkyl carbamates (subject to hydrolysis) is 1. The summed E-state index contributed by atoms with van der Waals surface area (Å²) in [5.41, 5.74) is 6.59. The van der Waals surface area contributed by atoms with Crippen molar-refractivity contribution in [1.82, 2.24) is 5.32 Å². The summed E-state index contributed by atoms with van der Waals surface area (Å²) in [5, 5.41) is 13.6. The number of hydrogen-bond donors (Lipinski definition) is 2. The van der Waals surface area contributed by atoms with Crippen LogP contribution in [0.1, 0.15) is 33.4 Å². The first kappa shape index (κ1) is 29.2. The van der Waals surface area contributed by atoms with Crippen LogP contribution in [0.4, 0.5) is 4.79 Å². The summed E-state index contributed by atoms with van der Waals surface area (Å²) >= 11 is 1.51. The molecule has 1 aliphatic rings. The van der Waals surface area contributed by atoms with Crippen molar-refractivity contribution < 1.29 is 24.2 Å². The predicted molar refractivity (Wildman–Crippen MR) is 166 cm³/mol. The van der Waals surface area contributed by atoms with Crippen LogP contribution < -0.4 is 5.32 Å². The van der Waals surface area contributed by atoms with E-state index in [4.69, 9.17) is 9.47 Å². The van der Waals surface area contributed by atoms with Gasteiger partial charge in [0.25, 0.3) is 0 Å². The maximum atomic E-state index is 13.1. The number of rotatable bonds is 12. The Hall–Kier alpha value is -4.33. The molecular weight excluding hydrogens is 546 g/mol. The van der Waals surface area contributed by atoms with Gasteiger partial charge in [0.1, 0.15) is 13.2 Å². The van der Waals surface area contributed by atoms with E-state index < -0.39 is 24.2 Å². The lowest BCUT2D eigenvalue weighted by molar-refractivity contribution is -0.153. The first-order valence-electron chi connectivity index (χ1n) is 13.9. The molecule has 0 aliphatic heterocycles. The summed E-state index contributed by atoms with van der Waals surface area (Å²) in [4.78, 5) is 25.8. The van der Waals surface area contributed by atoms with Crippen LogP contribution in [0.5, 0.6) is 0 Å². The third kappa shape index (κ3) is 6.75. The number of carbonyl (C=O) groups is 2. The fourth-order valence-corrected chi connectivity index (χ4v) is 6.60. The van der Waals surface area contributed by atoms with Gasteiger partial charge in [-0.3, -0.25) is 0 Å². The Labute approximate surface area is 250 Å². The van der Waals surface area contributed by atoms with Gasteiger partial charge in [-0.15, -0.1) is 11.8 Å². The highest BCUT2D eigenvalue weighted by atomic mass is 32.2. The van der Waals surface area contributed by atoms with E-state index in [-0.39, 0.29) is 30.1 Å². The van der Waals surface area contributed by atoms with Crippen LogP contribution in [-0.4, -0.2) is 48.3 Å². The number of carbonyl (C=O) groups excluding carboxylic acids is 2. The third-order valence-electron chi connectivity index (χ3n) is 7.26. The Balaban J connectivity index is 1.31. The van der Waals surface area contributed by atoms with Gasteiger partial charge in [-0.05, 0) is 33.4 Å². The Morgan fingerprint density at radius 1 is 0.810 bits per heavy atom. The second-order valence-corrected chi connectivity index (χ2v) is 11.1. The van der Waals surface area contributed by atoms with E-state index >= 15 is 0 Å². The number of aliphatic hydroxyl groups excluding tert-OH is 1. The number of hydrogen-bond acceptors (Lipinski definition) is 6. The van der Waals surface area contributed by atoms with Crippen LogP contribution in [0.2, 0.25) is 0 Å². The smallest absolute Gasteiger partial charge is 0.407 e. The highest BCUT2D eigenvalue weighted by Gasteiger charge is 2.33. The van der Waals surface area contributed by atoms with Crippen molar-refractivity contribution in [2.24, 2.45) is 0 Å². The lowest BCUT2D eigenvalue weighted by atomic mass is 9.98. The molecule has 214 valence electrons. The van der Waals surface area contributed by atoms with Gasteiger partial charge >= 0.3 is 12.1 Å². The molecule has 0 saturated heterocycles. The van der Waals surface area contributed by atoms with Crippen LogP contribution in [-0.2, 0) is 14.3 Å². The third-order valence-corrected chi connectivity index (χ3v) is 8.69. The molecule has 2 N–H and O–H groups in total. The average Bonchev–Trinajstić information content (AvgIpc) is 3.36. The summed E-state index contributed by atoms with van der Waals surface area (Å²) in [7, 11) is 0. The number of esters is 1. The summed E-state index contributed by atoms with van der Waals surface area (Å²) < 4.78 is 10.8. The minimum absolute atomic E-state index is 0.0443. The van der Waals surface area contributed by atoms with Crippen molar-refractivity contribution in [3.05, 3.63) is 144 Å². The zero-order valence-electron chi connectivity index (χ0n) is 23.1. The van der Waals surface area contributed by atoms with E-state index in [1.807, 2.05) is 97.1 Å². The number of fused-ring (bicyclic) bond motifs is 3. The lowest BCUT2D eigenvalue weighted by Crippen LogP contribution is -2.49. The molecule has 0 radical (unpaired) electrons. The first-order valence-corrected chi connectivity index (χ1v) is 14.9. The van der Waals surface area contributed by atoms with Gasteiger partial charge in [0.2, 0.25) is 0 Å². The fraction of sp³-hybridized carbons (Fsp3) is 0.200. The van der Waals surface area contributed by atoms with Gasteiger partial charge < -0.3 is 19.9 Å². The minimum atomic E-state index is -1.59. The predicted octanol–water partition coefficient (Wildman–Crippen LogP) is 6.51. The molecule has 0 fully saturated rings. The normalized spacial score (nSPS) is 13.5. The Morgan fingerprint density at radius 2 is 1.33 bits per heavy atom. The van der Waals surface area contributed by atoms with Gasteiger partial charge in [0, 0.05) is 11.7 Å². The monoisotopic (exact) mass is 579 g/mol. The van der Waals surface area contributed by atoms with Gasteiger partial charge in [0.05, 0.1) is 11.3 Å². The average molecular weight is 580 g/mol. The van der Waals surface area contributed by atoms with Crippen LogP contribution in [0.25, 0.3) is 11.1 Å². The Kier molecular flexibility index (Phi) is 9.74. The molecule has 4 aromatic carbocycles. The summed E-state index contributed by atoms with van der Waals surface area (Å²) in [6, 6.07) is 35.2. The number of ether oxygens (including phenoxy) is 2. The summed E-state index contributed by atoms with van der Waals surface area (Å²) in [6.07, 6.45) is -0.882. The van der Waals surface area contributed by atoms with E-state index in [0.29, 0.717) is 0 Å². The number of nitrogens with one attached hydrogen (secondary N) is 1. The number of amides is 1. The van der Waals surface area contributed by atoms with Crippen molar-refractivity contribution in [3.63, 3.8) is 0 Å². The van der Waals surface area contributed by atoms with Gasteiger partial charge in [-0.2, -0.15) is 0 Å². The molecule has 7 heteroatoms. The van der Waals surface area contributed by atoms with Gasteiger partial charge in [0.15, 0.2) is 6.10 Å². The molecule has 5 rings (SSSR count). The molecule has 1 amide bonds. The highest BCUT2D eigenvalue weighted by molar-refractivity contribution is 7.99. The second kappa shape index (κ2) is 14.0. The van der Waals surface area contributed by atoms with E-state index in [1.54, 1.807) is 0 Å². The molecule has 0 aromatic heterocycles. The molecule has 6 nitrogen and oxygen atoms in total. The van der Waals surface area contributed by atoms with Gasteiger partial charge in [-0.25, -0.2) is 9.59 Å². The maximum Gasteiger partial charge on any atom is 0.407 e. The topological polar surface area (TPSA) is 84.9 Å². The fourth-order valence-electron chi connectivity index (χ4n) is 5.23. The van der Waals surface area contributed by atoms with Crippen LogP contribution in [0, 0.1) is 0 Å². The van der Waals surface area contributed by atoms with E-state index in [1.165, 1.54) is 17.8 Å². The maximum absolute atomic E-state index is 13.1. The van der Waals surface area contributed by atoms with Crippen LogP contribution in [0.3, 0.4) is 0 Å². The quantitative estimate of drug-likeness (QED) is 0.147. The van der Waals surface area contributed by atoms with Gasteiger partial charge in [-0.1, -0.05) is 122 Å². The highest BCUT2D eigenvalue weighted by Crippen LogP contribution is 2.44. The SMILES string of the molecule is C=CCOC(=O)[C@H](O)[C@H](CSC(c1ccccc1)c1ccccc1)NC(=O)OCC1c2ccccc2-c2ccccc21. The van der Waals surface area contributed by atoms with Crippen LogP contribution in [0.15, 0.2) is 122 Å². The van der Waals surface area contributed by atoms with Crippen molar-refractivity contribution in [1.29, 1.82) is 0 Å². The molecule has 1 aliphatic carbocycles. The van der Waals surface area contributed by atoms with E-state index in [2.05, 4.69) is 24.0 Å². The van der Waals surface area contributed by atoms with Crippen molar-refractivity contribution in [2.75, 3.05) is 19.0 Å². The molecule has 0 bridgehead atoms. The first-order chi connectivity index (χ1) is 20.6. The lowest BCUT2D eigenvalue weighted by Gasteiger charge is -2.25. The zero-order valence-corrected chi connectivity index (χ0v) is 23.9. The number of aliphatic hydroxyl groups is 1. The Morgan fingerprint density at radius 3 is 1.88 bits per heavy atom. The number of benzene rings is 4. The summed E-state index contributed by atoms with van der Waals surface area (Å²) in [6.45, 7) is 3.63. The van der Waals surface area contributed by atoms with Crippen molar-refractivity contribution in [3.8, 4) is 11.1 Å². The molecule has 0 spiro atoms. The van der Waals surface area contributed by atoms with Crippen molar-refractivity contribution in [2.45, 2.75) is 23.3 Å². The van der Waals surface area contributed by atoms with E-state index in [9.17, 15) is 14.7 Å². The molecule has 4 aromatic rings. The largest absolute Gasteiger partial charge is 0.459 e. The van der Waals surface area contributed by atoms with Crippen LogP contribution >= 0.6 is 11.8 Å². The van der Waals surface area contributed by atoms with E-state index in [0.717, 1.165) is 33.4 Å². The van der Waals surface area contributed by atoms with Crippen molar-refractivity contribution >= 4 is 23.8 Å². The molecule has 0 saturated carbocycles. The second-order valence-electron chi connectivity index (χ2n) is 9.97. The molecule has 2 atom stereocenters. The zero-order chi connectivity index (χ0) is 29.3. The molecule has 0 heterocycles. The Bertz CT molecular complexity index is 1430. The molecule has 42 heavy (non-hydrogen) atoms.